The van der Waals surface area contributed by atoms with Gasteiger partial charge in [-0.15, -0.1) is 0 Å². The Morgan fingerprint density at radius 2 is 1.68 bits per heavy atom. The number of benzene rings is 2. The van der Waals surface area contributed by atoms with Crippen LogP contribution in [0.25, 0.3) is 0 Å². The molecule has 0 radical (unpaired) electrons. The quantitative estimate of drug-likeness (QED) is 0.925. The van der Waals surface area contributed by atoms with Crippen LogP contribution in [-0.2, 0) is 10.3 Å². The number of ether oxygens (including phenoxy) is 1. The summed E-state index contributed by atoms with van der Waals surface area (Å²) < 4.78 is 5.77. The highest BCUT2D eigenvalue weighted by atomic mass is 35.5. The highest BCUT2D eigenvalue weighted by Gasteiger charge is 2.47. The van der Waals surface area contributed by atoms with Gasteiger partial charge in [-0.1, -0.05) is 54.1 Å². The van der Waals surface area contributed by atoms with Gasteiger partial charge < -0.3 is 9.84 Å². The monoisotopic (exact) mass is 274 g/mol. The summed E-state index contributed by atoms with van der Waals surface area (Å²) in [5, 5.41) is 11.3. The van der Waals surface area contributed by atoms with Gasteiger partial charge in [-0.25, -0.2) is 0 Å². The maximum atomic E-state index is 10.7. The summed E-state index contributed by atoms with van der Waals surface area (Å²) in [4.78, 5) is 0. The fraction of sp³-hybridized carbons (Fsp3) is 0.250. The second kappa shape index (κ2) is 4.97. The van der Waals surface area contributed by atoms with E-state index in [0.29, 0.717) is 11.6 Å². The van der Waals surface area contributed by atoms with Crippen LogP contribution in [0.15, 0.2) is 54.6 Å². The third kappa shape index (κ3) is 2.16. The lowest BCUT2D eigenvalue weighted by Gasteiger charge is -2.45. The van der Waals surface area contributed by atoms with E-state index in [1.165, 1.54) is 0 Å². The Morgan fingerprint density at radius 3 is 2.21 bits per heavy atom. The molecule has 0 saturated carbocycles. The Kier molecular flexibility index (Phi) is 3.31. The maximum Gasteiger partial charge on any atom is 0.125 e. The van der Waals surface area contributed by atoms with Gasteiger partial charge in [0.05, 0.1) is 6.61 Å². The number of hydrogen-bond acceptors (Lipinski definition) is 2. The topological polar surface area (TPSA) is 29.5 Å². The van der Waals surface area contributed by atoms with E-state index in [2.05, 4.69) is 0 Å². The Bertz CT molecular complexity index is 547. The summed E-state index contributed by atoms with van der Waals surface area (Å²) in [6.45, 7) is 0.680. The summed E-state index contributed by atoms with van der Waals surface area (Å²) >= 11 is 5.88. The molecule has 0 aromatic heterocycles. The molecule has 1 heterocycles. The Morgan fingerprint density at radius 1 is 1.05 bits per heavy atom. The molecule has 0 aliphatic carbocycles. The smallest absolute Gasteiger partial charge is 0.125 e. The Hall–Kier alpha value is -1.35. The predicted octanol–water partition coefficient (Wildman–Crippen LogP) is 3.69. The van der Waals surface area contributed by atoms with E-state index in [9.17, 15) is 5.11 Å². The number of rotatable bonds is 3. The highest BCUT2D eigenvalue weighted by Crippen LogP contribution is 2.47. The predicted molar refractivity (Wildman–Crippen MR) is 75.1 cm³/mol. The first kappa shape index (κ1) is 12.7. The minimum atomic E-state index is -0.680. The molecule has 2 atom stereocenters. The van der Waals surface area contributed by atoms with Gasteiger partial charge in [0.15, 0.2) is 0 Å². The molecule has 1 fully saturated rings. The zero-order chi connectivity index (χ0) is 13.3. The molecule has 1 aliphatic heterocycles. The molecule has 2 unspecified atom stereocenters. The van der Waals surface area contributed by atoms with Gasteiger partial charge in [0.2, 0.25) is 0 Å². The first-order chi connectivity index (χ1) is 9.22. The van der Waals surface area contributed by atoms with Crippen LogP contribution in [0, 0.1) is 0 Å². The van der Waals surface area contributed by atoms with Gasteiger partial charge in [-0.2, -0.15) is 0 Å². The number of aliphatic hydroxyl groups is 1. The number of aliphatic hydroxyl groups excluding tert-OH is 1. The average molecular weight is 275 g/mol. The van der Waals surface area contributed by atoms with E-state index in [-0.39, 0.29) is 0 Å². The van der Waals surface area contributed by atoms with Crippen LogP contribution in [0.4, 0.5) is 0 Å². The van der Waals surface area contributed by atoms with E-state index in [1.54, 1.807) is 12.1 Å². The molecule has 3 rings (SSSR count). The average Bonchev–Trinajstić information content (AvgIpc) is 2.39. The van der Waals surface area contributed by atoms with Crippen molar-refractivity contribution >= 4 is 11.6 Å². The molecule has 2 aromatic rings. The Labute approximate surface area is 117 Å². The van der Waals surface area contributed by atoms with Crippen molar-refractivity contribution in [2.24, 2.45) is 0 Å². The molecule has 0 bridgehead atoms. The first-order valence-electron chi connectivity index (χ1n) is 6.35. The van der Waals surface area contributed by atoms with Crippen molar-refractivity contribution in [3.8, 4) is 0 Å². The van der Waals surface area contributed by atoms with E-state index in [1.807, 2.05) is 42.5 Å². The van der Waals surface area contributed by atoms with Crippen LogP contribution in [-0.4, -0.2) is 11.7 Å². The first-order valence-corrected chi connectivity index (χ1v) is 6.73. The van der Waals surface area contributed by atoms with Crippen molar-refractivity contribution in [2.75, 3.05) is 6.61 Å². The summed E-state index contributed by atoms with van der Waals surface area (Å²) in [6.07, 6.45) is 0.141. The number of hydrogen-bond donors (Lipinski definition) is 1. The molecular weight excluding hydrogens is 260 g/mol. The van der Waals surface area contributed by atoms with Crippen molar-refractivity contribution in [3.05, 3.63) is 70.7 Å². The largest absolute Gasteiger partial charge is 0.385 e. The van der Waals surface area contributed by atoms with Crippen molar-refractivity contribution in [2.45, 2.75) is 18.1 Å². The normalized spacial score (nSPS) is 23.7. The van der Waals surface area contributed by atoms with Crippen molar-refractivity contribution in [1.82, 2.24) is 0 Å². The summed E-state index contributed by atoms with van der Waals surface area (Å²) in [7, 11) is 0. The minimum absolute atomic E-state index is 0.616. The van der Waals surface area contributed by atoms with Crippen LogP contribution in [0.3, 0.4) is 0 Å². The Balaban J connectivity index is 1.96. The van der Waals surface area contributed by atoms with E-state index in [0.717, 1.165) is 17.5 Å². The molecule has 1 aliphatic rings. The lowest BCUT2D eigenvalue weighted by Crippen LogP contribution is -2.46. The third-order valence-electron chi connectivity index (χ3n) is 3.72. The molecule has 1 N–H and O–H groups in total. The van der Waals surface area contributed by atoms with E-state index >= 15 is 0 Å². The number of halogens is 1. The van der Waals surface area contributed by atoms with Crippen molar-refractivity contribution in [3.63, 3.8) is 0 Å². The molecular formula is C16H15ClO2. The molecule has 0 spiro atoms. The molecule has 1 saturated heterocycles. The van der Waals surface area contributed by atoms with E-state index < -0.39 is 11.7 Å². The van der Waals surface area contributed by atoms with Gasteiger partial charge >= 0.3 is 0 Å². The van der Waals surface area contributed by atoms with Gasteiger partial charge in [-0.3, -0.25) is 0 Å². The van der Waals surface area contributed by atoms with Gasteiger partial charge in [0.1, 0.15) is 11.7 Å². The van der Waals surface area contributed by atoms with Crippen LogP contribution in [0.2, 0.25) is 5.02 Å². The second-order valence-corrected chi connectivity index (χ2v) is 5.24. The zero-order valence-electron chi connectivity index (χ0n) is 10.4. The summed E-state index contributed by atoms with van der Waals surface area (Å²) in [5.74, 6) is 0. The van der Waals surface area contributed by atoms with Gasteiger partial charge in [0, 0.05) is 11.4 Å². The maximum absolute atomic E-state index is 10.7. The van der Waals surface area contributed by atoms with Gasteiger partial charge in [0.25, 0.3) is 0 Å². The fourth-order valence-corrected chi connectivity index (χ4v) is 2.68. The van der Waals surface area contributed by atoms with Crippen LogP contribution in [0.5, 0.6) is 0 Å². The van der Waals surface area contributed by atoms with Crippen LogP contribution >= 0.6 is 11.6 Å². The third-order valence-corrected chi connectivity index (χ3v) is 3.97. The highest BCUT2D eigenvalue weighted by molar-refractivity contribution is 6.30. The molecule has 0 amide bonds. The van der Waals surface area contributed by atoms with Crippen molar-refractivity contribution < 1.29 is 9.84 Å². The SMILES string of the molecule is OC(c1ccc(Cl)cc1)C1(c2ccccc2)CCO1. The molecule has 19 heavy (non-hydrogen) atoms. The van der Waals surface area contributed by atoms with Crippen LogP contribution in [0.1, 0.15) is 23.7 Å². The summed E-state index contributed by atoms with van der Waals surface area (Å²) in [5.41, 5.74) is 1.23. The lowest BCUT2D eigenvalue weighted by molar-refractivity contribution is -0.215. The lowest BCUT2D eigenvalue weighted by atomic mass is 9.79. The second-order valence-electron chi connectivity index (χ2n) is 4.81. The van der Waals surface area contributed by atoms with Crippen LogP contribution < -0.4 is 0 Å². The standard InChI is InChI=1S/C16H15ClO2/c17-14-8-6-12(7-9-14)15(18)16(10-11-19-16)13-4-2-1-3-5-13/h1-9,15,18H,10-11H2. The molecule has 98 valence electrons. The molecule has 3 heteroatoms. The zero-order valence-corrected chi connectivity index (χ0v) is 11.2. The fourth-order valence-electron chi connectivity index (χ4n) is 2.56. The van der Waals surface area contributed by atoms with E-state index in [4.69, 9.17) is 16.3 Å². The molecule has 2 nitrogen and oxygen atoms in total. The summed E-state index contributed by atoms with van der Waals surface area (Å²) in [6, 6.07) is 17.2. The minimum Gasteiger partial charge on any atom is -0.385 e. The van der Waals surface area contributed by atoms with Crippen molar-refractivity contribution in [1.29, 1.82) is 0 Å². The molecule has 2 aromatic carbocycles. The van der Waals surface area contributed by atoms with Gasteiger partial charge in [-0.05, 0) is 23.3 Å².